The van der Waals surface area contributed by atoms with Gasteiger partial charge < -0.3 is 9.88 Å². The lowest BCUT2D eigenvalue weighted by atomic mass is 10.2. The average molecular weight is 384 g/mol. The first-order valence-corrected chi connectivity index (χ1v) is 9.99. The topological polar surface area (TPSA) is 46.9 Å². The molecule has 3 aromatic rings. The van der Waals surface area contributed by atoms with E-state index in [4.69, 9.17) is 16.6 Å². The van der Waals surface area contributed by atoms with Crippen molar-refractivity contribution in [3.8, 4) is 0 Å². The molecule has 0 saturated heterocycles. The first-order chi connectivity index (χ1) is 13.1. The molecule has 1 atom stereocenters. The Balaban J connectivity index is 1.81. The number of carbonyl (C=O) groups excluding carboxylic acids is 1. The van der Waals surface area contributed by atoms with E-state index in [1.54, 1.807) is 24.3 Å². The third-order valence-corrected chi connectivity index (χ3v) is 5.01. The van der Waals surface area contributed by atoms with E-state index in [9.17, 15) is 4.79 Å². The molecule has 1 aromatic heterocycles. The van der Waals surface area contributed by atoms with Gasteiger partial charge in [-0.1, -0.05) is 49.9 Å². The maximum atomic E-state index is 12.6. The fraction of sp³-hybridized carbons (Fsp3) is 0.364. The molecule has 0 radical (unpaired) electrons. The van der Waals surface area contributed by atoms with Crippen molar-refractivity contribution in [3.05, 3.63) is 64.9 Å². The number of aryl methyl sites for hydroxylation is 1. The minimum absolute atomic E-state index is 0.122. The fourth-order valence-electron chi connectivity index (χ4n) is 3.30. The van der Waals surface area contributed by atoms with E-state index in [0.717, 1.165) is 29.8 Å². The molecular formula is C22H26ClN3O. The van der Waals surface area contributed by atoms with Crippen LogP contribution in [0, 0.1) is 0 Å². The zero-order valence-corrected chi connectivity index (χ0v) is 16.7. The summed E-state index contributed by atoms with van der Waals surface area (Å²) in [7, 11) is 0. The minimum atomic E-state index is -0.188. The summed E-state index contributed by atoms with van der Waals surface area (Å²) in [6.07, 6.45) is 4.77. The summed E-state index contributed by atoms with van der Waals surface area (Å²) in [5.74, 6) is 0.777. The summed E-state index contributed by atoms with van der Waals surface area (Å²) >= 11 is 5.91. The molecule has 27 heavy (non-hydrogen) atoms. The molecule has 2 aromatic carbocycles. The van der Waals surface area contributed by atoms with Crippen LogP contribution in [-0.2, 0) is 6.54 Å². The Kier molecular flexibility index (Phi) is 6.51. The van der Waals surface area contributed by atoms with Crippen molar-refractivity contribution < 1.29 is 4.79 Å². The van der Waals surface area contributed by atoms with Crippen LogP contribution < -0.4 is 5.32 Å². The summed E-state index contributed by atoms with van der Waals surface area (Å²) in [5, 5.41) is 3.69. The first kappa shape index (κ1) is 19.4. The number of unbranched alkanes of at least 4 members (excludes halogenated alkanes) is 3. The largest absolute Gasteiger partial charge is 0.342 e. The Bertz CT molecular complexity index is 902. The molecule has 1 amide bonds. The van der Waals surface area contributed by atoms with E-state index < -0.39 is 0 Å². The average Bonchev–Trinajstić information content (AvgIpc) is 3.04. The predicted molar refractivity (Wildman–Crippen MR) is 111 cm³/mol. The Morgan fingerprint density at radius 2 is 1.85 bits per heavy atom. The molecule has 1 heterocycles. The van der Waals surface area contributed by atoms with Gasteiger partial charge in [0.2, 0.25) is 0 Å². The third-order valence-electron chi connectivity index (χ3n) is 4.76. The van der Waals surface area contributed by atoms with Gasteiger partial charge in [0.05, 0.1) is 17.1 Å². The van der Waals surface area contributed by atoms with Crippen LogP contribution in [0.15, 0.2) is 48.5 Å². The highest BCUT2D eigenvalue weighted by Crippen LogP contribution is 2.22. The van der Waals surface area contributed by atoms with Crippen LogP contribution in [0.1, 0.15) is 61.8 Å². The molecule has 0 saturated carbocycles. The highest BCUT2D eigenvalue weighted by molar-refractivity contribution is 6.30. The highest BCUT2D eigenvalue weighted by Gasteiger charge is 2.18. The number of benzene rings is 2. The summed E-state index contributed by atoms with van der Waals surface area (Å²) in [6, 6.07) is 14.9. The van der Waals surface area contributed by atoms with Gasteiger partial charge in [-0.3, -0.25) is 4.79 Å². The number of hydrogen-bond acceptors (Lipinski definition) is 2. The number of imidazole rings is 1. The van der Waals surface area contributed by atoms with Crippen LogP contribution in [0.4, 0.5) is 0 Å². The van der Waals surface area contributed by atoms with Gasteiger partial charge in [-0.2, -0.15) is 0 Å². The van der Waals surface area contributed by atoms with Gasteiger partial charge in [0.25, 0.3) is 5.91 Å². The van der Waals surface area contributed by atoms with Crippen LogP contribution in [0.2, 0.25) is 5.02 Å². The molecule has 0 bridgehead atoms. The third kappa shape index (κ3) is 4.69. The molecule has 1 N–H and O–H groups in total. The first-order valence-electron chi connectivity index (χ1n) is 9.61. The molecule has 3 rings (SSSR count). The van der Waals surface area contributed by atoms with Crippen LogP contribution >= 0.6 is 11.6 Å². The van der Waals surface area contributed by atoms with Gasteiger partial charge in [-0.05, 0) is 49.7 Å². The van der Waals surface area contributed by atoms with Crippen molar-refractivity contribution in [1.29, 1.82) is 0 Å². The smallest absolute Gasteiger partial charge is 0.251 e. The number of aromatic nitrogens is 2. The summed E-state index contributed by atoms with van der Waals surface area (Å²) in [5.41, 5.74) is 2.68. The summed E-state index contributed by atoms with van der Waals surface area (Å²) in [6.45, 7) is 5.11. The Morgan fingerprint density at radius 3 is 2.59 bits per heavy atom. The zero-order valence-electron chi connectivity index (χ0n) is 15.9. The molecule has 1 unspecified atom stereocenters. The quantitative estimate of drug-likeness (QED) is 0.502. The molecule has 4 nitrogen and oxygen atoms in total. The van der Waals surface area contributed by atoms with Crippen molar-refractivity contribution in [2.75, 3.05) is 0 Å². The van der Waals surface area contributed by atoms with Gasteiger partial charge in [-0.15, -0.1) is 0 Å². The van der Waals surface area contributed by atoms with Crippen LogP contribution in [0.5, 0.6) is 0 Å². The predicted octanol–water partition coefficient (Wildman–Crippen LogP) is 5.76. The number of nitrogens with one attached hydrogen (secondary N) is 1. The monoisotopic (exact) mass is 383 g/mol. The van der Waals surface area contributed by atoms with Crippen molar-refractivity contribution in [2.24, 2.45) is 0 Å². The van der Waals surface area contributed by atoms with Crippen LogP contribution in [-0.4, -0.2) is 15.5 Å². The number of nitrogens with zero attached hydrogens (tertiary/aromatic N) is 2. The number of rotatable bonds is 8. The Labute approximate surface area is 165 Å². The summed E-state index contributed by atoms with van der Waals surface area (Å²) in [4.78, 5) is 17.4. The number of amides is 1. The standard InChI is InChI=1S/C22H26ClN3O/c1-3-4-5-8-15-26-20-10-7-6-9-19(20)25-21(26)16(2)24-22(27)17-11-13-18(23)14-12-17/h6-7,9-14,16H,3-5,8,15H2,1-2H3,(H,24,27). The van der Waals surface area contributed by atoms with E-state index in [1.807, 2.05) is 25.1 Å². The van der Waals surface area contributed by atoms with Gasteiger partial charge in [-0.25, -0.2) is 4.98 Å². The maximum absolute atomic E-state index is 12.6. The normalized spacial score (nSPS) is 12.3. The maximum Gasteiger partial charge on any atom is 0.251 e. The van der Waals surface area contributed by atoms with Gasteiger partial charge >= 0.3 is 0 Å². The van der Waals surface area contributed by atoms with Crippen LogP contribution in [0.25, 0.3) is 11.0 Å². The lowest BCUT2D eigenvalue weighted by Crippen LogP contribution is -2.28. The van der Waals surface area contributed by atoms with E-state index >= 15 is 0 Å². The number of carbonyl (C=O) groups is 1. The van der Waals surface area contributed by atoms with E-state index in [2.05, 4.69) is 22.9 Å². The minimum Gasteiger partial charge on any atom is -0.342 e. The molecular weight excluding hydrogens is 358 g/mol. The SMILES string of the molecule is CCCCCCn1c(C(C)NC(=O)c2ccc(Cl)cc2)nc2ccccc21. The van der Waals surface area contributed by atoms with Gasteiger partial charge in [0.15, 0.2) is 0 Å². The molecule has 0 aliphatic rings. The molecule has 0 spiro atoms. The number of hydrogen-bond donors (Lipinski definition) is 1. The van der Waals surface area contributed by atoms with E-state index in [1.165, 1.54) is 19.3 Å². The Hall–Kier alpha value is -2.33. The molecule has 5 heteroatoms. The molecule has 142 valence electrons. The number of fused-ring (bicyclic) bond motifs is 1. The van der Waals surface area contributed by atoms with Crippen LogP contribution in [0.3, 0.4) is 0 Å². The Morgan fingerprint density at radius 1 is 1.11 bits per heavy atom. The number of halogens is 1. The molecule has 0 fully saturated rings. The van der Waals surface area contributed by atoms with Crippen molar-refractivity contribution >= 4 is 28.5 Å². The second kappa shape index (κ2) is 9.05. The van der Waals surface area contributed by atoms with E-state index in [-0.39, 0.29) is 11.9 Å². The zero-order chi connectivity index (χ0) is 19.2. The van der Waals surface area contributed by atoms with Crippen molar-refractivity contribution in [2.45, 2.75) is 52.1 Å². The number of para-hydroxylation sites is 2. The molecule has 0 aliphatic carbocycles. The summed E-state index contributed by atoms with van der Waals surface area (Å²) < 4.78 is 2.25. The highest BCUT2D eigenvalue weighted by atomic mass is 35.5. The second-order valence-electron chi connectivity index (χ2n) is 6.87. The van der Waals surface area contributed by atoms with E-state index in [0.29, 0.717) is 10.6 Å². The second-order valence-corrected chi connectivity index (χ2v) is 7.31. The lowest BCUT2D eigenvalue weighted by molar-refractivity contribution is 0.0937. The van der Waals surface area contributed by atoms with Crippen molar-refractivity contribution in [1.82, 2.24) is 14.9 Å². The van der Waals surface area contributed by atoms with Gasteiger partial charge in [0, 0.05) is 17.1 Å². The lowest BCUT2D eigenvalue weighted by Gasteiger charge is -2.16. The van der Waals surface area contributed by atoms with Crippen molar-refractivity contribution in [3.63, 3.8) is 0 Å². The van der Waals surface area contributed by atoms with Gasteiger partial charge in [0.1, 0.15) is 5.82 Å². The molecule has 0 aliphatic heterocycles. The fourth-order valence-corrected chi connectivity index (χ4v) is 3.43.